The van der Waals surface area contributed by atoms with Gasteiger partial charge in [0.05, 0.1) is 11.7 Å². The first kappa shape index (κ1) is 9.85. The van der Waals surface area contributed by atoms with Crippen LogP contribution in [-0.4, -0.2) is 16.3 Å². The molecule has 1 aromatic heterocycles. The molecule has 0 amide bonds. The Morgan fingerprint density at radius 3 is 2.81 bits per heavy atom. The normalized spacial score (nSPS) is 18.6. The molecule has 0 spiro atoms. The van der Waals surface area contributed by atoms with E-state index in [1.807, 2.05) is 6.20 Å². The Hall–Kier alpha value is -1.35. The molecule has 0 aliphatic heterocycles. The number of hydrogen-bond donors (Lipinski definition) is 1. The van der Waals surface area contributed by atoms with Gasteiger partial charge in [-0.1, -0.05) is 24.6 Å². The first-order valence-corrected chi connectivity index (χ1v) is 5.94. The molecule has 3 rings (SSSR count). The molecule has 0 bridgehead atoms. The summed E-state index contributed by atoms with van der Waals surface area (Å²) in [6.07, 6.45) is 5.75. The Morgan fingerprint density at radius 2 is 2.12 bits per heavy atom. The predicted molar refractivity (Wildman–Crippen MR) is 65.1 cm³/mol. The first-order valence-electron chi connectivity index (χ1n) is 5.94. The summed E-state index contributed by atoms with van der Waals surface area (Å²) in [5.41, 5.74) is 7.43. The maximum Gasteiger partial charge on any atom is 0.0682 e. The van der Waals surface area contributed by atoms with Gasteiger partial charge in [-0.05, 0) is 25.5 Å². The van der Waals surface area contributed by atoms with Gasteiger partial charge in [0.2, 0.25) is 0 Å². The summed E-state index contributed by atoms with van der Waals surface area (Å²) < 4.78 is 2.11. The maximum absolute atomic E-state index is 5.89. The molecule has 0 unspecified atom stereocenters. The molecule has 3 nitrogen and oxygen atoms in total. The molecule has 1 heterocycles. The van der Waals surface area contributed by atoms with E-state index < -0.39 is 0 Å². The van der Waals surface area contributed by atoms with E-state index in [1.165, 1.54) is 30.2 Å². The molecule has 1 aromatic carbocycles. The van der Waals surface area contributed by atoms with E-state index >= 15 is 0 Å². The van der Waals surface area contributed by atoms with Gasteiger partial charge >= 0.3 is 0 Å². The number of hydrogen-bond acceptors (Lipinski definition) is 2. The summed E-state index contributed by atoms with van der Waals surface area (Å²) in [4.78, 5) is 0. The number of nitrogens with zero attached hydrogens (tertiary/aromatic N) is 2. The monoisotopic (exact) mass is 215 g/mol. The van der Waals surface area contributed by atoms with Crippen LogP contribution in [0.3, 0.4) is 0 Å². The Kier molecular flexibility index (Phi) is 2.21. The molecular weight excluding hydrogens is 198 g/mol. The van der Waals surface area contributed by atoms with Gasteiger partial charge in [-0.15, -0.1) is 0 Å². The molecule has 1 saturated carbocycles. The van der Waals surface area contributed by atoms with E-state index in [9.17, 15) is 0 Å². The average Bonchev–Trinajstić information content (AvgIpc) is 2.67. The lowest BCUT2D eigenvalue weighted by atomic mass is 9.69. The van der Waals surface area contributed by atoms with Crippen LogP contribution in [0, 0.1) is 5.41 Å². The third kappa shape index (κ3) is 1.43. The number of nitrogens with two attached hydrogens (primary N) is 1. The lowest BCUT2D eigenvalue weighted by molar-refractivity contribution is 0.113. The summed E-state index contributed by atoms with van der Waals surface area (Å²) in [5.74, 6) is 0. The van der Waals surface area contributed by atoms with Crippen LogP contribution in [0.25, 0.3) is 10.9 Å². The van der Waals surface area contributed by atoms with Crippen molar-refractivity contribution in [2.45, 2.75) is 25.8 Å². The van der Waals surface area contributed by atoms with E-state index in [2.05, 4.69) is 34.0 Å². The van der Waals surface area contributed by atoms with Crippen LogP contribution < -0.4 is 5.73 Å². The third-order valence-corrected chi connectivity index (χ3v) is 3.88. The van der Waals surface area contributed by atoms with Crippen molar-refractivity contribution >= 4 is 10.9 Å². The molecule has 0 atom stereocenters. The number of aromatic nitrogens is 2. The zero-order chi connectivity index (χ0) is 11.0. The highest BCUT2D eigenvalue weighted by atomic mass is 15.3. The van der Waals surface area contributed by atoms with E-state index in [4.69, 9.17) is 5.73 Å². The highest BCUT2D eigenvalue weighted by Gasteiger charge is 2.36. The standard InChI is InChI=1S/C13H17N3/c14-9-13(6-3-7-13)10-16-12-5-2-1-4-11(12)8-15-16/h1-2,4-5,8H,3,6-7,9-10,14H2. The van der Waals surface area contributed by atoms with Gasteiger partial charge in [-0.2, -0.15) is 5.10 Å². The SMILES string of the molecule is NCC1(Cn2ncc3ccccc32)CCC1. The fourth-order valence-electron chi connectivity index (χ4n) is 2.57. The van der Waals surface area contributed by atoms with Crippen LogP contribution in [0.2, 0.25) is 0 Å². The van der Waals surface area contributed by atoms with Crippen LogP contribution in [0.1, 0.15) is 19.3 Å². The number of benzene rings is 1. The molecule has 0 saturated heterocycles. The number of para-hydroxylation sites is 1. The molecule has 0 radical (unpaired) electrons. The topological polar surface area (TPSA) is 43.8 Å². The maximum atomic E-state index is 5.89. The number of rotatable bonds is 3. The summed E-state index contributed by atoms with van der Waals surface area (Å²) in [6.45, 7) is 1.75. The van der Waals surface area contributed by atoms with Crippen LogP contribution in [0.4, 0.5) is 0 Å². The minimum atomic E-state index is 0.314. The molecule has 2 aromatic rings. The smallest absolute Gasteiger partial charge is 0.0682 e. The van der Waals surface area contributed by atoms with Crippen LogP contribution in [0.15, 0.2) is 30.5 Å². The van der Waals surface area contributed by atoms with Crippen molar-refractivity contribution in [1.29, 1.82) is 0 Å². The van der Waals surface area contributed by atoms with Crippen molar-refractivity contribution in [2.24, 2.45) is 11.1 Å². The van der Waals surface area contributed by atoms with Crippen LogP contribution in [-0.2, 0) is 6.54 Å². The highest BCUT2D eigenvalue weighted by Crippen LogP contribution is 2.41. The van der Waals surface area contributed by atoms with E-state index in [0.717, 1.165) is 13.1 Å². The Balaban J connectivity index is 1.94. The Morgan fingerprint density at radius 1 is 1.31 bits per heavy atom. The van der Waals surface area contributed by atoms with Gasteiger partial charge < -0.3 is 5.73 Å². The Labute approximate surface area is 95.2 Å². The molecule has 1 aliphatic rings. The second kappa shape index (κ2) is 3.59. The third-order valence-electron chi connectivity index (χ3n) is 3.88. The zero-order valence-electron chi connectivity index (χ0n) is 9.39. The van der Waals surface area contributed by atoms with Crippen molar-refractivity contribution in [2.75, 3.05) is 6.54 Å². The second-order valence-electron chi connectivity index (χ2n) is 4.92. The van der Waals surface area contributed by atoms with Crippen molar-refractivity contribution in [3.05, 3.63) is 30.5 Å². The fourth-order valence-corrected chi connectivity index (χ4v) is 2.57. The molecule has 84 valence electrons. The highest BCUT2D eigenvalue weighted by molar-refractivity contribution is 5.78. The molecule has 16 heavy (non-hydrogen) atoms. The van der Waals surface area contributed by atoms with Crippen molar-refractivity contribution in [3.8, 4) is 0 Å². The van der Waals surface area contributed by atoms with Gasteiger partial charge in [0.25, 0.3) is 0 Å². The van der Waals surface area contributed by atoms with Crippen molar-refractivity contribution < 1.29 is 0 Å². The summed E-state index contributed by atoms with van der Waals surface area (Å²) >= 11 is 0. The van der Waals surface area contributed by atoms with E-state index in [-0.39, 0.29) is 0 Å². The van der Waals surface area contributed by atoms with Crippen molar-refractivity contribution in [3.63, 3.8) is 0 Å². The molecule has 2 N–H and O–H groups in total. The van der Waals surface area contributed by atoms with E-state index in [1.54, 1.807) is 0 Å². The predicted octanol–water partition coefficient (Wildman–Crippen LogP) is 2.17. The molecule has 1 aliphatic carbocycles. The summed E-state index contributed by atoms with van der Waals surface area (Å²) in [7, 11) is 0. The largest absolute Gasteiger partial charge is 0.330 e. The lowest BCUT2D eigenvalue weighted by Crippen LogP contribution is -2.41. The fraction of sp³-hybridized carbons (Fsp3) is 0.462. The van der Waals surface area contributed by atoms with Crippen molar-refractivity contribution in [1.82, 2.24) is 9.78 Å². The van der Waals surface area contributed by atoms with Gasteiger partial charge in [-0.3, -0.25) is 4.68 Å². The quantitative estimate of drug-likeness (QED) is 0.852. The first-order chi connectivity index (χ1) is 7.83. The Bertz CT molecular complexity index is 491. The number of fused-ring (bicyclic) bond motifs is 1. The van der Waals surface area contributed by atoms with Crippen LogP contribution >= 0.6 is 0 Å². The van der Waals surface area contributed by atoms with Gasteiger partial charge in [0, 0.05) is 17.3 Å². The summed E-state index contributed by atoms with van der Waals surface area (Å²) in [6, 6.07) is 8.35. The minimum absolute atomic E-state index is 0.314. The zero-order valence-corrected chi connectivity index (χ0v) is 9.39. The molecular formula is C13H17N3. The average molecular weight is 215 g/mol. The molecule has 1 fully saturated rings. The van der Waals surface area contributed by atoms with E-state index in [0.29, 0.717) is 5.41 Å². The van der Waals surface area contributed by atoms with Gasteiger partial charge in [-0.25, -0.2) is 0 Å². The lowest BCUT2D eigenvalue weighted by Gasteiger charge is -2.40. The summed E-state index contributed by atoms with van der Waals surface area (Å²) in [5, 5.41) is 5.69. The van der Waals surface area contributed by atoms with Gasteiger partial charge in [0.1, 0.15) is 0 Å². The second-order valence-corrected chi connectivity index (χ2v) is 4.92. The molecule has 3 heteroatoms. The minimum Gasteiger partial charge on any atom is -0.330 e. The van der Waals surface area contributed by atoms with Gasteiger partial charge in [0.15, 0.2) is 0 Å². The van der Waals surface area contributed by atoms with Crippen LogP contribution in [0.5, 0.6) is 0 Å².